The Morgan fingerprint density at radius 3 is 2.96 bits per heavy atom. The van der Waals surface area contributed by atoms with Gasteiger partial charge in [0.05, 0.1) is 22.8 Å². The van der Waals surface area contributed by atoms with Crippen LogP contribution in [0.25, 0.3) is 38.5 Å². The number of nitrogens with zero attached hydrogens (tertiary/aromatic N) is 5. The summed E-state index contributed by atoms with van der Waals surface area (Å²) >= 11 is 0. The molecule has 234 valence electrons. The number of nitrogens with one attached hydrogen (secondary N) is 1. The molecule has 2 aromatic carbocycles. The summed E-state index contributed by atoms with van der Waals surface area (Å²) in [5.74, 6) is -0.374. The first-order chi connectivity index (χ1) is 22.3. The molecule has 0 unspecified atom stereocenters. The van der Waals surface area contributed by atoms with Crippen LogP contribution in [0.5, 0.6) is 11.8 Å². The highest BCUT2D eigenvalue weighted by Crippen LogP contribution is 2.41. The predicted molar refractivity (Wildman–Crippen MR) is 168 cm³/mol. The van der Waals surface area contributed by atoms with Gasteiger partial charge in [-0.2, -0.15) is 15.1 Å². The number of hydrogen-bond acceptors (Lipinski definition) is 9. The molecular formula is C34H30F2N6O4. The molecule has 2 saturated heterocycles. The van der Waals surface area contributed by atoms with Gasteiger partial charge in [0.1, 0.15) is 41.3 Å². The third-order valence-corrected chi connectivity index (χ3v) is 9.32. The van der Waals surface area contributed by atoms with E-state index in [1.165, 1.54) is 18.2 Å². The zero-order valence-corrected chi connectivity index (χ0v) is 25.0. The van der Waals surface area contributed by atoms with Gasteiger partial charge in [0, 0.05) is 47.8 Å². The van der Waals surface area contributed by atoms with Gasteiger partial charge >= 0.3 is 11.6 Å². The van der Waals surface area contributed by atoms with Crippen molar-refractivity contribution < 1.29 is 23.0 Å². The third kappa shape index (κ3) is 4.63. The van der Waals surface area contributed by atoms with Gasteiger partial charge in [-0.05, 0) is 62.0 Å². The van der Waals surface area contributed by atoms with Crippen molar-refractivity contribution in [3.63, 3.8) is 0 Å². The number of benzene rings is 2. The van der Waals surface area contributed by atoms with Crippen LogP contribution in [0.15, 0.2) is 70.1 Å². The molecule has 0 amide bonds. The number of phenolic OH excluding ortho intramolecular Hbond substituents is 1. The number of anilines is 1. The Morgan fingerprint density at radius 1 is 1.17 bits per heavy atom. The van der Waals surface area contributed by atoms with E-state index in [1.54, 1.807) is 29.8 Å². The Kier molecular flexibility index (Phi) is 6.64. The fourth-order valence-electron chi connectivity index (χ4n) is 7.18. The molecule has 2 aliphatic heterocycles. The number of rotatable bonds is 7. The van der Waals surface area contributed by atoms with Crippen LogP contribution in [0.1, 0.15) is 30.4 Å². The summed E-state index contributed by atoms with van der Waals surface area (Å²) in [6.45, 7) is 3.38. The molecule has 0 spiro atoms. The molecule has 6 heterocycles. The van der Waals surface area contributed by atoms with E-state index in [0.717, 1.165) is 30.5 Å². The predicted octanol–water partition coefficient (Wildman–Crippen LogP) is 5.77. The zero-order valence-electron chi connectivity index (χ0n) is 25.0. The van der Waals surface area contributed by atoms with Crippen LogP contribution in [0.4, 0.5) is 14.6 Å². The van der Waals surface area contributed by atoms with E-state index >= 15 is 4.39 Å². The second kappa shape index (κ2) is 10.8. The zero-order chi connectivity index (χ0) is 31.6. The number of aryl methyl sites for hydroxylation is 1. The minimum absolute atomic E-state index is 0.0185. The number of ether oxygens (including phenoxy) is 1. The average molecular weight is 625 g/mol. The third-order valence-electron chi connectivity index (χ3n) is 9.32. The summed E-state index contributed by atoms with van der Waals surface area (Å²) in [5, 5.41) is 18.9. The lowest BCUT2D eigenvalue weighted by atomic mass is 9.95. The lowest BCUT2D eigenvalue weighted by Crippen LogP contribution is -2.43. The van der Waals surface area contributed by atoms with Gasteiger partial charge in [-0.1, -0.05) is 18.2 Å². The van der Waals surface area contributed by atoms with Crippen LogP contribution in [0.2, 0.25) is 0 Å². The molecular weight excluding hydrogens is 594 g/mol. The van der Waals surface area contributed by atoms with Gasteiger partial charge in [-0.15, -0.1) is 0 Å². The summed E-state index contributed by atoms with van der Waals surface area (Å²) in [6.07, 6.45) is 4.80. The Bertz CT molecular complexity index is 2220. The minimum atomic E-state index is -0.920. The largest absolute Gasteiger partial charge is 0.508 e. The normalized spacial score (nSPS) is 19.8. The van der Waals surface area contributed by atoms with Crippen molar-refractivity contribution in [2.75, 3.05) is 25.0 Å². The van der Waals surface area contributed by atoms with Crippen LogP contribution in [0, 0.1) is 12.7 Å². The summed E-state index contributed by atoms with van der Waals surface area (Å²) in [4.78, 5) is 25.2. The number of phenols is 1. The summed E-state index contributed by atoms with van der Waals surface area (Å²) in [7, 11) is 0. The van der Waals surface area contributed by atoms with E-state index in [9.17, 15) is 14.3 Å². The Hall–Kier alpha value is -5.10. The number of aromatic hydroxyl groups is 1. The maximum atomic E-state index is 15.2. The topological polar surface area (TPSA) is 118 Å². The standard InChI is InChI=1S/C34H30F2N6O4/c1-19-29-28(32(44)46-30(19)24-13-23(43)12-20-6-4-7-25(36)27(20)24)31(37-15-21-16-38-42-11-3-2-8-26(21)42)40-33(39-29)45-18-34-9-5-10-41(34)17-22(35)14-34/h2-4,6-8,11-13,16,22,43H,5,9-10,14-15,17-18H2,1H3,(H,37,39,40)/t22-,34+/m1/s1. The molecule has 10 nitrogen and oxygen atoms in total. The van der Waals surface area contributed by atoms with E-state index in [1.807, 2.05) is 24.4 Å². The lowest BCUT2D eigenvalue weighted by Gasteiger charge is -2.30. The molecule has 0 bridgehead atoms. The van der Waals surface area contributed by atoms with Crippen LogP contribution in [0.3, 0.4) is 0 Å². The van der Waals surface area contributed by atoms with E-state index in [4.69, 9.17) is 9.15 Å². The highest BCUT2D eigenvalue weighted by molar-refractivity contribution is 6.00. The second-order valence-corrected chi connectivity index (χ2v) is 12.2. The maximum absolute atomic E-state index is 15.2. The SMILES string of the molecule is Cc1c(-c2cc(O)cc3cccc(F)c23)oc(=O)c2c(NCc3cnn4ccccc34)nc(OC[C@@]34CCCN3C[C@H](F)C4)nc12. The van der Waals surface area contributed by atoms with Crippen molar-refractivity contribution in [2.24, 2.45) is 0 Å². The first-order valence-electron chi connectivity index (χ1n) is 15.2. The van der Waals surface area contributed by atoms with E-state index < -0.39 is 23.2 Å². The van der Waals surface area contributed by atoms with E-state index in [0.29, 0.717) is 23.9 Å². The van der Waals surface area contributed by atoms with Gasteiger partial charge in [-0.3, -0.25) is 4.90 Å². The van der Waals surface area contributed by atoms with Crippen LogP contribution in [-0.4, -0.2) is 61.0 Å². The van der Waals surface area contributed by atoms with Gasteiger partial charge in [0.25, 0.3) is 0 Å². The number of pyridine rings is 1. The maximum Gasteiger partial charge on any atom is 0.349 e. The molecule has 0 saturated carbocycles. The number of halogens is 2. The Morgan fingerprint density at radius 2 is 2.07 bits per heavy atom. The molecule has 2 fully saturated rings. The lowest BCUT2D eigenvalue weighted by molar-refractivity contribution is 0.107. The molecule has 0 aliphatic carbocycles. The van der Waals surface area contributed by atoms with Crippen molar-refractivity contribution in [3.05, 3.63) is 88.3 Å². The fraction of sp³-hybridized carbons (Fsp3) is 0.294. The minimum Gasteiger partial charge on any atom is -0.508 e. The number of hydrogen-bond donors (Lipinski definition) is 2. The van der Waals surface area contributed by atoms with Crippen LogP contribution in [-0.2, 0) is 6.54 Å². The fourth-order valence-corrected chi connectivity index (χ4v) is 7.18. The smallest absolute Gasteiger partial charge is 0.349 e. The van der Waals surface area contributed by atoms with Gasteiger partial charge in [0.2, 0.25) is 0 Å². The monoisotopic (exact) mass is 624 g/mol. The molecule has 12 heteroatoms. The van der Waals surface area contributed by atoms with E-state index in [-0.39, 0.29) is 58.3 Å². The van der Waals surface area contributed by atoms with Crippen molar-refractivity contribution in [1.29, 1.82) is 0 Å². The Balaban J connectivity index is 1.26. The van der Waals surface area contributed by atoms with E-state index in [2.05, 4.69) is 25.3 Å². The molecule has 6 aromatic rings. The van der Waals surface area contributed by atoms with Gasteiger partial charge in [-0.25, -0.2) is 18.1 Å². The van der Waals surface area contributed by atoms with Crippen LogP contribution >= 0.6 is 0 Å². The first-order valence-corrected chi connectivity index (χ1v) is 15.2. The van der Waals surface area contributed by atoms with Crippen molar-refractivity contribution in [1.82, 2.24) is 24.5 Å². The highest BCUT2D eigenvalue weighted by Gasteiger charge is 2.49. The molecule has 4 aromatic heterocycles. The number of aromatic nitrogens is 4. The highest BCUT2D eigenvalue weighted by atomic mass is 19.1. The summed E-state index contributed by atoms with van der Waals surface area (Å²) in [6, 6.07) is 13.1. The molecule has 2 N–H and O–H groups in total. The quantitative estimate of drug-likeness (QED) is 0.228. The van der Waals surface area contributed by atoms with Crippen molar-refractivity contribution in [3.8, 4) is 23.1 Å². The molecule has 46 heavy (non-hydrogen) atoms. The average Bonchev–Trinajstić information content (AvgIpc) is 3.72. The number of alkyl halides is 1. The molecule has 0 radical (unpaired) electrons. The van der Waals surface area contributed by atoms with Gasteiger partial charge < -0.3 is 19.6 Å². The Labute approximate surface area is 261 Å². The molecule has 2 atom stereocenters. The van der Waals surface area contributed by atoms with Crippen molar-refractivity contribution >= 4 is 33.0 Å². The summed E-state index contributed by atoms with van der Waals surface area (Å²) < 4.78 is 43.5. The summed E-state index contributed by atoms with van der Waals surface area (Å²) in [5.41, 5.74) is 1.48. The second-order valence-electron chi connectivity index (χ2n) is 12.2. The number of fused-ring (bicyclic) bond motifs is 4. The van der Waals surface area contributed by atoms with Crippen LogP contribution < -0.4 is 15.7 Å². The van der Waals surface area contributed by atoms with Crippen molar-refractivity contribution in [2.45, 2.75) is 44.4 Å². The first kappa shape index (κ1) is 28.4. The molecule has 2 aliphatic rings. The molecule has 8 rings (SSSR count). The van der Waals surface area contributed by atoms with Gasteiger partial charge in [0.15, 0.2) is 0 Å².